The van der Waals surface area contributed by atoms with Crippen molar-refractivity contribution in [3.05, 3.63) is 70.0 Å². The summed E-state index contributed by atoms with van der Waals surface area (Å²) in [4.78, 5) is 28.9. The SMILES string of the molecule is CN=C(NC#N)NC1CCC(CNC(=O)c2ccc3[nH][nH]c(=O)c3c2)(c2ccccc2)CC1. The molecule has 0 radical (unpaired) electrons. The minimum absolute atomic E-state index is 0.194. The van der Waals surface area contributed by atoms with E-state index < -0.39 is 0 Å². The van der Waals surface area contributed by atoms with Crippen LogP contribution in [-0.4, -0.2) is 41.7 Å². The zero-order valence-electron chi connectivity index (χ0n) is 18.4. The van der Waals surface area contributed by atoms with Gasteiger partial charge < -0.3 is 10.6 Å². The highest BCUT2D eigenvalue weighted by Gasteiger charge is 2.37. The minimum Gasteiger partial charge on any atom is -0.353 e. The molecule has 9 heteroatoms. The highest BCUT2D eigenvalue weighted by Crippen LogP contribution is 2.39. The molecule has 0 spiro atoms. The van der Waals surface area contributed by atoms with E-state index in [1.165, 1.54) is 5.56 Å². The van der Waals surface area contributed by atoms with Crippen molar-refractivity contribution in [1.29, 1.82) is 5.26 Å². The summed E-state index contributed by atoms with van der Waals surface area (Å²) >= 11 is 0. The van der Waals surface area contributed by atoms with Crippen LogP contribution in [-0.2, 0) is 5.41 Å². The van der Waals surface area contributed by atoms with Gasteiger partial charge in [-0.3, -0.25) is 30.1 Å². The summed E-state index contributed by atoms with van der Waals surface area (Å²) in [6.07, 6.45) is 5.39. The maximum Gasteiger partial charge on any atom is 0.271 e. The lowest BCUT2D eigenvalue weighted by Crippen LogP contribution is -2.49. The zero-order chi connectivity index (χ0) is 23.3. The molecular formula is C24H27N7O2. The number of hydrogen-bond donors (Lipinski definition) is 5. The van der Waals surface area contributed by atoms with Crippen LogP contribution in [0.4, 0.5) is 0 Å². The molecule has 2 aromatic carbocycles. The maximum atomic E-state index is 13.0. The summed E-state index contributed by atoms with van der Waals surface area (Å²) in [5.41, 5.74) is 1.88. The molecule has 0 atom stereocenters. The number of aliphatic imine (C=N–C) groups is 1. The van der Waals surface area contributed by atoms with Crippen molar-refractivity contribution in [2.45, 2.75) is 37.1 Å². The topological polar surface area (TPSA) is 138 Å². The molecule has 1 saturated carbocycles. The average Bonchev–Trinajstić information content (AvgIpc) is 3.23. The standard InChI is InChI=1S/C24H27N7O2/c1-26-23(28-15-25)29-18-9-11-24(12-10-18,17-5-3-2-4-6-17)14-27-21(32)16-7-8-20-19(13-16)22(33)31-30-20/h2-8,13,18H,9-12,14H2,1H3,(H,27,32)(H2,26,28,29)(H2,30,31,33). The van der Waals surface area contributed by atoms with E-state index in [1.807, 2.05) is 24.4 Å². The summed E-state index contributed by atoms with van der Waals surface area (Å²) in [6, 6.07) is 15.5. The molecule has 33 heavy (non-hydrogen) atoms. The third-order valence-electron chi connectivity index (χ3n) is 6.49. The molecule has 170 valence electrons. The molecule has 0 bridgehead atoms. The van der Waals surface area contributed by atoms with Crippen LogP contribution in [0.2, 0.25) is 0 Å². The summed E-state index contributed by atoms with van der Waals surface area (Å²) in [5, 5.41) is 23.6. The molecule has 0 unspecified atom stereocenters. The van der Waals surface area contributed by atoms with E-state index in [0.717, 1.165) is 25.7 Å². The Morgan fingerprint density at radius 1 is 1.18 bits per heavy atom. The van der Waals surface area contributed by atoms with Gasteiger partial charge in [-0.25, -0.2) is 0 Å². The van der Waals surface area contributed by atoms with Gasteiger partial charge >= 0.3 is 0 Å². The van der Waals surface area contributed by atoms with Crippen LogP contribution in [0.25, 0.3) is 10.9 Å². The summed E-state index contributed by atoms with van der Waals surface area (Å²) < 4.78 is 0. The second kappa shape index (κ2) is 9.61. The first-order valence-corrected chi connectivity index (χ1v) is 11.0. The Hall–Kier alpha value is -4.06. The van der Waals surface area contributed by atoms with Crippen LogP contribution in [0.5, 0.6) is 0 Å². The van der Waals surface area contributed by atoms with Crippen molar-refractivity contribution in [1.82, 2.24) is 26.1 Å². The lowest BCUT2D eigenvalue weighted by atomic mass is 9.68. The number of guanidine groups is 1. The first kappa shape index (κ1) is 22.1. The quantitative estimate of drug-likeness (QED) is 0.177. The minimum atomic E-state index is -0.243. The number of H-pyrrole nitrogens is 2. The predicted octanol–water partition coefficient (Wildman–Crippen LogP) is 2.11. The third kappa shape index (κ3) is 4.75. The van der Waals surface area contributed by atoms with Crippen molar-refractivity contribution in [3.8, 4) is 6.19 Å². The Kier molecular flexibility index (Phi) is 6.45. The molecule has 1 fully saturated rings. The van der Waals surface area contributed by atoms with E-state index in [-0.39, 0.29) is 22.9 Å². The number of amides is 1. The first-order valence-electron chi connectivity index (χ1n) is 11.0. The molecule has 1 aliphatic carbocycles. The number of nitrogens with zero attached hydrogens (tertiary/aromatic N) is 2. The Morgan fingerprint density at radius 3 is 2.64 bits per heavy atom. The number of aromatic amines is 2. The number of benzene rings is 2. The fourth-order valence-corrected chi connectivity index (χ4v) is 4.60. The van der Waals surface area contributed by atoms with Gasteiger partial charge in [0.15, 0.2) is 6.19 Å². The summed E-state index contributed by atoms with van der Waals surface area (Å²) in [5.74, 6) is 0.268. The average molecular weight is 446 g/mol. The highest BCUT2D eigenvalue weighted by molar-refractivity contribution is 5.97. The van der Waals surface area contributed by atoms with Gasteiger partial charge in [0.2, 0.25) is 5.96 Å². The number of nitriles is 1. The lowest BCUT2D eigenvalue weighted by molar-refractivity contribution is 0.0935. The summed E-state index contributed by atoms with van der Waals surface area (Å²) in [7, 11) is 1.64. The smallest absolute Gasteiger partial charge is 0.271 e. The normalized spacial score (nSPS) is 20.7. The van der Waals surface area contributed by atoms with Crippen LogP contribution < -0.4 is 21.5 Å². The summed E-state index contributed by atoms with van der Waals surface area (Å²) in [6.45, 7) is 0.495. The van der Waals surface area contributed by atoms with Crippen molar-refractivity contribution >= 4 is 22.8 Å². The molecule has 4 rings (SSSR count). The molecule has 3 aromatic rings. The van der Waals surface area contributed by atoms with E-state index in [9.17, 15) is 9.59 Å². The molecule has 9 nitrogen and oxygen atoms in total. The number of rotatable bonds is 5. The monoisotopic (exact) mass is 445 g/mol. The third-order valence-corrected chi connectivity index (χ3v) is 6.49. The fourth-order valence-electron chi connectivity index (χ4n) is 4.60. The van der Waals surface area contributed by atoms with Gasteiger partial charge in [-0.15, -0.1) is 0 Å². The van der Waals surface area contributed by atoms with Crippen molar-refractivity contribution in [2.75, 3.05) is 13.6 Å². The lowest BCUT2D eigenvalue weighted by Gasteiger charge is -2.41. The number of hydrogen-bond acceptors (Lipinski definition) is 4. The highest BCUT2D eigenvalue weighted by atomic mass is 16.1. The van der Waals surface area contributed by atoms with Gasteiger partial charge in [0.05, 0.1) is 10.9 Å². The Labute approximate surface area is 191 Å². The van der Waals surface area contributed by atoms with Crippen LogP contribution in [0, 0.1) is 11.5 Å². The van der Waals surface area contributed by atoms with Gasteiger partial charge in [-0.1, -0.05) is 30.3 Å². The molecule has 0 saturated heterocycles. The van der Waals surface area contributed by atoms with E-state index in [4.69, 9.17) is 5.26 Å². The molecule has 1 amide bonds. The van der Waals surface area contributed by atoms with Gasteiger partial charge in [-0.05, 0) is 49.4 Å². The molecular weight excluding hydrogens is 418 g/mol. The van der Waals surface area contributed by atoms with Crippen molar-refractivity contribution in [2.24, 2.45) is 4.99 Å². The van der Waals surface area contributed by atoms with Crippen LogP contribution in [0.1, 0.15) is 41.6 Å². The molecule has 0 aliphatic heterocycles. The van der Waals surface area contributed by atoms with Gasteiger partial charge in [0.25, 0.3) is 11.5 Å². The Morgan fingerprint density at radius 2 is 1.94 bits per heavy atom. The zero-order valence-corrected chi connectivity index (χ0v) is 18.4. The number of carbonyl (C=O) groups is 1. The van der Waals surface area contributed by atoms with Crippen LogP contribution in [0.15, 0.2) is 58.3 Å². The molecule has 1 aliphatic rings. The number of carbonyl (C=O) groups excluding carboxylic acids is 1. The fraction of sp³-hybridized carbons (Fsp3) is 0.333. The Balaban J connectivity index is 1.49. The maximum absolute atomic E-state index is 13.0. The number of fused-ring (bicyclic) bond motifs is 1. The van der Waals surface area contributed by atoms with Gasteiger partial charge in [0.1, 0.15) is 0 Å². The van der Waals surface area contributed by atoms with E-state index in [2.05, 4.69) is 43.3 Å². The van der Waals surface area contributed by atoms with Crippen molar-refractivity contribution < 1.29 is 4.79 Å². The van der Waals surface area contributed by atoms with Gasteiger partial charge in [-0.2, -0.15) is 5.26 Å². The number of aromatic nitrogens is 2. The Bertz CT molecular complexity index is 1250. The predicted molar refractivity (Wildman–Crippen MR) is 127 cm³/mol. The molecule has 1 heterocycles. The van der Waals surface area contributed by atoms with Crippen LogP contribution >= 0.6 is 0 Å². The number of nitrogens with one attached hydrogen (secondary N) is 5. The largest absolute Gasteiger partial charge is 0.353 e. The van der Waals surface area contributed by atoms with E-state index in [0.29, 0.717) is 29.0 Å². The second-order valence-corrected chi connectivity index (χ2v) is 8.40. The second-order valence-electron chi connectivity index (χ2n) is 8.40. The first-order chi connectivity index (χ1) is 16.0. The van der Waals surface area contributed by atoms with Crippen molar-refractivity contribution in [3.63, 3.8) is 0 Å². The van der Waals surface area contributed by atoms with E-state index in [1.54, 1.807) is 25.2 Å². The van der Waals surface area contributed by atoms with Crippen LogP contribution in [0.3, 0.4) is 0 Å². The van der Waals surface area contributed by atoms with Gasteiger partial charge in [0, 0.05) is 30.6 Å². The van der Waals surface area contributed by atoms with E-state index >= 15 is 0 Å². The molecule has 5 N–H and O–H groups in total. The molecule has 1 aromatic heterocycles.